The first-order valence-electron chi connectivity index (χ1n) is 4.83. The summed E-state index contributed by atoms with van der Waals surface area (Å²) in [6.45, 7) is 5.67. The molecule has 0 fully saturated rings. The van der Waals surface area contributed by atoms with E-state index in [-0.39, 0.29) is 6.04 Å². The number of hydrogen-bond donors (Lipinski definition) is 0. The molecule has 0 saturated carbocycles. The molecule has 0 saturated heterocycles. The van der Waals surface area contributed by atoms with E-state index >= 15 is 0 Å². The molecule has 1 atom stereocenters. The van der Waals surface area contributed by atoms with Crippen LogP contribution in [0.2, 0.25) is 0 Å². The number of nitrogens with zero attached hydrogens (tertiary/aromatic N) is 2. The zero-order valence-electron chi connectivity index (χ0n) is 9.43. The maximum Gasteiger partial charge on any atom is 0.346 e. The summed E-state index contributed by atoms with van der Waals surface area (Å²) < 4.78 is 11.7. The Kier molecular flexibility index (Phi) is 3.71. The van der Waals surface area contributed by atoms with Gasteiger partial charge in [-0.3, -0.25) is 4.68 Å². The molecule has 1 aromatic rings. The number of carbonyl (C=O) groups excluding carboxylic acids is 1. The lowest BCUT2D eigenvalue weighted by Gasteiger charge is -2.10. The van der Waals surface area contributed by atoms with Crippen LogP contribution in [0.5, 0.6) is 5.75 Å². The molecule has 0 N–H and O–H groups in total. The summed E-state index contributed by atoms with van der Waals surface area (Å²) in [6, 6.07) is 0.274. The number of aromatic nitrogens is 2. The van der Waals surface area contributed by atoms with Gasteiger partial charge in [0.15, 0.2) is 11.9 Å². The number of carbonyl (C=O) groups is 1. The average Bonchev–Trinajstić information content (AvgIpc) is 2.65. The van der Waals surface area contributed by atoms with Gasteiger partial charge < -0.3 is 9.47 Å². The summed E-state index contributed by atoms with van der Waals surface area (Å²) in [5.74, 6) is 0.175. The van der Waals surface area contributed by atoms with E-state index in [0.717, 1.165) is 0 Å². The second-order valence-electron chi connectivity index (χ2n) is 3.53. The molecular weight excluding hydrogens is 196 g/mol. The van der Waals surface area contributed by atoms with Gasteiger partial charge in [-0.25, -0.2) is 4.79 Å². The summed E-state index contributed by atoms with van der Waals surface area (Å²) in [7, 11) is 1.33. The molecule has 0 aliphatic rings. The van der Waals surface area contributed by atoms with Crippen molar-refractivity contribution in [3.8, 4) is 5.75 Å². The van der Waals surface area contributed by atoms with Crippen LogP contribution in [0.1, 0.15) is 26.8 Å². The lowest BCUT2D eigenvalue weighted by molar-refractivity contribution is -0.147. The van der Waals surface area contributed by atoms with Crippen molar-refractivity contribution in [2.24, 2.45) is 0 Å². The lowest BCUT2D eigenvalue weighted by Crippen LogP contribution is -2.24. The molecule has 1 rings (SSSR count). The maximum atomic E-state index is 11.1. The zero-order valence-corrected chi connectivity index (χ0v) is 9.43. The van der Waals surface area contributed by atoms with E-state index in [1.54, 1.807) is 24.0 Å². The Bertz CT molecular complexity index is 333. The van der Waals surface area contributed by atoms with Gasteiger partial charge in [0, 0.05) is 6.04 Å². The Hall–Kier alpha value is -1.52. The van der Waals surface area contributed by atoms with Gasteiger partial charge in [0.25, 0.3) is 0 Å². The molecule has 84 valence electrons. The van der Waals surface area contributed by atoms with Gasteiger partial charge in [-0.1, -0.05) is 0 Å². The highest BCUT2D eigenvalue weighted by atomic mass is 16.6. The Morgan fingerprint density at radius 3 is 2.60 bits per heavy atom. The second-order valence-corrected chi connectivity index (χ2v) is 3.53. The minimum absolute atomic E-state index is 0.274. The van der Waals surface area contributed by atoms with Crippen molar-refractivity contribution in [2.45, 2.75) is 32.9 Å². The normalized spacial score (nSPS) is 12.6. The molecule has 0 radical (unpaired) electrons. The van der Waals surface area contributed by atoms with Gasteiger partial charge >= 0.3 is 5.97 Å². The summed E-state index contributed by atoms with van der Waals surface area (Å²) in [5.41, 5.74) is 0. The fraction of sp³-hybridized carbons (Fsp3) is 0.600. The van der Waals surface area contributed by atoms with Crippen molar-refractivity contribution in [3.05, 3.63) is 12.4 Å². The molecule has 5 nitrogen and oxygen atoms in total. The Morgan fingerprint density at radius 2 is 2.13 bits per heavy atom. The molecule has 1 heterocycles. The van der Waals surface area contributed by atoms with Crippen LogP contribution in [0.25, 0.3) is 0 Å². The second kappa shape index (κ2) is 4.82. The van der Waals surface area contributed by atoms with Gasteiger partial charge in [0.1, 0.15) is 0 Å². The standard InChI is InChI=1S/C10H16N2O3/c1-7(2)12-6-9(5-11-12)15-8(3)10(13)14-4/h5-8H,1-4H3. The predicted octanol–water partition coefficient (Wildman–Crippen LogP) is 1.40. The van der Waals surface area contributed by atoms with Crippen LogP contribution < -0.4 is 4.74 Å². The molecular formula is C10H16N2O3. The van der Waals surface area contributed by atoms with Crippen molar-refractivity contribution >= 4 is 5.97 Å². The molecule has 0 amide bonds. The van der Waals surface area contributed by atoms with Crippen LogP contribution in [0.3, 0.4) is 0 Å². The highest BCUT2D eigenvalue weighted by Crippen LogP contribution is 2.14. The largest absolute Gasteiger partial charge is 0.476 e. The Labute approximate surface area is 89.0 Å². The van der Waals surface area contributed by atoms with Crippen LogP contribution in [-0.4, -0.2) is 29.0 Å². The summed E-state index contributed by atoms with van der Waals surface area (Å²) >= 11 is 0. The first kappa shape index (κ1) is 11.6. The maximum absolute atomic E-state index is 11.1. The third-order valence-corrected chi connectivity index (χ3v) is 1.95. The highest BCUT2D eigenvalue weighted by molar-refractivity contribution is 5.74. The molecule has 0 aliphatic carbocycles. The first-order chi connectivity index (χ1) is 7.04. The fourth-order valence-corrected chi connectivity index (χ4v) is 1.08. The van der Waals surface area contributed by atoms with E-state index in [1.165, 1.54) is 7.11 Å². The van der Waals surface area contributed by atoms with Gasteiger partial charge in [-0.05, 0) is 20.8 Å². The summed E-state index contributed by atoms with van der Waals surface area (Å²) in [5, 5.41) is 4.09. The van der Waals surface area contributed by atoms with Crippen LogP contribution in [-0.2, 0) is 9.53 Å². The molecule has 0 aromatic carbocycles. The average molecular weight is 212 g/mol. The Morgan fingerprint density at radius 1 is 1.47 bits per heavy atom. The topological polar surface area (TPSA) is 53.4 Å². The van der Waals surface area contributed by atoms with Gasteiger partial charge in [-0.2, -0.15) is 5.10 Å². The van der Waals surface area contributed by atoms with Gasteiger partial charge in [-0.15, -0.1) is 0 Å². The minimum Gasteiger partial charge on any atom is -0.476 e. The highest BCUT2D eigenvalue weighted by Gasteiger charge is 2.15. The molecule has 5 heteroatoms. The van der Waals surface area contributed by atoms with Crippen LogP contribution in [0.15, 0.2) is 12.4 Å². The number of hydrogen-bond acceptors (Lipinski definition) is 4. The van der Waals surface area contributed by atoms with E-state index < -0.39 is 12.1 Å². The van der Waals surface area contributed by atoms with Gasteiger partial charge in [0.05, 0.1) is 19.5 Å². The van der Waals surface area contributed by atoms with E-state index in [4.69, 9.17) is 4.74 Å². The summed E-state index contributed by atoms with van der Waals surface area (Å²) in [4.78, 5) is 11.1. The third kappa shape index (κ3) is 2.97. The molecule has 1 aromatic heterocycles. The minimum atomic E-state index is -0.611. The SMILES string of the molecule is COC(=O)C(C)Oc1cnn(C(C)C)c1. The lowest BCUT2D eigenvalue weighted by atomic mass is 10.4. The smallest absolute Gasteiger partial charge is 0.346 e. The van der Waals surface area contributed by atoms with E-state index in [1.807, 2.05) is 13.8 Å². The van der Waals surface area contributed by atoms with E-state index in [0.29, 0.717) is 5.75 Å². The van der Waals surface area contributed by atoms with E-state index in [9.17, 15) is 4.79 Å². The quantitative estimate of drug-likeness (QED) is 0.708. The zero-order chi connectivity index (χ0) is 11.4. The first-order valence-corrected chi connectivity index (χ1v) is 4.83. The number of esters is 1. The number of ether oxygens (including phenoxy) is 2. The fourth-order valence-electron chi connectivity index (χ4n) is 1.08. The molecule has 0 aliphatic heterocycles. The molecule has 1 unspecified atom stereocenters. The Balaban J connectivity index is 2.61. The van der Waals surface area contributed by atoms with Crippen molar-refractivity contribution in [1.82, 2.24) is 9.78 Å². The predicted molar refractivity (Wildman–Crippen MR) is 54.7 cm³/mol. The van der Waals surface area contributed by atoms with Crippen LogP contribution >= 0.6 is 0 Å². The van der Waals surface area contributed by atoms with Crippen molar-refractivity contribution in [3.63, 3.8) is 0 Å². The van der Waals surface area contributed by atoms with Crippen molar-refractivity contribution < 1.29 is 14.3 Å². The van der Waals surface area contributed by atoms with Crippen molar-refractivity contribution in [1.29, 1.82) is 0 Å². The van der Waals surface area contributed by atoms with E-state index in [2.05, 4.69) is 9.84 Å². The van der Waals surface area contributed by atoms with Crippen LogP contribution in [0.4, 0.5) is 0 Å². The third-order valence-electron chi connectivity index (χ3n) is 1.95. The summed E-state index contributed by atoms with van der Waals surface area (Å²) in [6.07, 6.45) is 2.73. The number of rotatable bonds is 4. The monoisotopic (exact) mass is 212 g/mol. The van der Waals surface area contributed by atoms with Gasteiger partial charge in [0.2, 0.25) is 0 Å². The molecule has 15 heavy (non-hydrogen) atoms. The van der Waals surface area contributed by atoms with Crippen molar-refractivity contribution in [2.75, 3.05) is 7.11 Å². The molecule has 0 bridgehead atoms. The van der Waals surface area contributed by atoms with Crippen LogP contribution in [0, 0.1) is 0 Å². The number of methoxy groups -OCH3 is 1. The molecule has 0 spiro atoms.